The lowest BCUT2D eigenvalue weighted by Crippen LogP contribution is -2.45. The Morgan fingerprint density at radius 1 is 1.14 bits per heavy atom. The molecule has 9 nitrogen and oxygen atoms in total. The number of aryl methyl sites for hydroxylation is 2. The number of benzene rings is 1. The van der Waals surface area contributed by atoms with Crippen molar-refractivity contribution >= 4 is 23.7 Å². The van der Waals surface area contributed by atoms with Crippen molar-refractivity contribution in [3.8, 4) is 0 Å². The number of fused-ring (bicyclic) bond motifs is 1. The number of nitrogens with zero attached hydrogens (tertiary/aromatic N) is 3. The number of carbonyl (C=O) groups is 3. The topological polar surface area (TPSA) is 116 Å². The van der Waals surface area contributed by atoms with Gasteiger partial charge in [-0.15, -0.1) is 0 Å². The van der Waals surface area contributed by atoms with Crippen LogP contribution < -0.4 is 16.2 Å². The summed E-state index contributed by atoms with van der Waals surface area (Å²) in [5.41, 5.74) is 7.88. The summed E-state index contributed by atoms with van der Waals surface area (Å²) in [5.74, 6) is -0.663. The van der Waals surface area contributed by atoms with Crippen LogP contribution in [0.25, 0.3) is 0 Å². The van der Waals surface area contributed by atoms with Crippen molar-refractivity contribution in [1.82, 2.24) is 25.6 Å². The van der Waals surface area contributed by atoms with Crippen LogP contribution in [0.15, 0.2) is 30.3 Å². The predicted octanol–water partition coefficient (Wildman–Crippen LogP) is 1.01. The Kier molecular flexibility index (Phi) is 4.87. The van der Waals surface area contributed by atoms with E-state index in [1.54, 1.807) is 23.1 Å². The molecule has 1 atom stereocenters. The molecule has 1 fully saturated rings. The Morgan fingerprint density at radius 3 is 2.52 bits per heavy atom. The zero-order valence-electron chi connectivity index (χ0n) is 16.2. The van der Waals surface area contributed by atoms with Gasteiger partial charge in [-0.05, 0) is 44.4 Å². The van der Waals surface area contributed by atoms with E-state index in [1.807, 2.05) is 26.0 Å². The summed E-state index contributed by atoms with van der Waals surface area (Å²) in [5, 5.41) is 2.63. The summed E-state index contributed by atoms with van der Waals surface area (Å²) >= 11 is 0. The van der Waals surface area contributed by atoms with Gasteiger partial charge in [0.25, 0.3) is 11.8 Å². The summed E-state index contributed by atoms with van der Waals surface area (Å²) in [4.78, 5) is 47.6. The highest BCUT2D eigenvalue weighted by Gasteiger charge is 2.47. The molecule has 1 aliphatic carbocycles. The van der Waals surface area contributed by atoms with E-state index in [0.717, 1.165) is 24.2 Å². The highest BCUT2D eigenvalue weighted by Crippen LogP contribution is 2.41. The SMILES string of the molecule is Cc1cc(C)nc(NNC(=O)CNC(=O)C2c3ccccc3C(=O)N2C2CC2)n1. The van der Waals surface area contributed by atoms with Crippen LogP contribution in [0.2, 0.25) is 0 Å². The molecular formula is C20H22N6O3. The lowest BCUT2D eigenvalue weighted by molar-refractivity contribution is -0.128. The van der Waals surface area contributed by atoms with E-state index in [4.69, 9.17) is 0 Å². The van der Waals surface area contributed by atoms with Crippen molar-refractivity contribution in [3.05, 3.63) is 52.8 Å². The van der Waals surface area contributed by atoms with Crippen LogP contribution in [-0.2, 0) is 9.59 Å². The first-order chi connectivity index (χ1) is 13.9. The van der Waals surface area contributed by atoms with Crippen molar-refractivity contribution < 1.29 is 14.4 Å². The number of anilines is 1. The molecule has 1 unspecified atom stereocenters. The number of hydrogen-bond acceptors (Lipinski definition) is 6. The molecule has 1 saturated carbocycles. The van der Waals surface area contributed by atoms with E-state index in [1.165, 1.54) is 0 Å². The molecule has 2 aromatic rings. The van der Waals surface area contributed by atoms with Gasteiger partial charge in [-0.25, -0.2) is 9.97 Å². The first-order valence-electron chi connectivity index (χ1n) is 9.50. The molecule has 150 valence electrons. The third-order valence-electron chi connectivity index (χ3n) is 4.91. The Labute approximate surface area is 167 Å². The molecule has 0 spiro atoms. The van der Waals surface area contributed by atoms with E-state index in [0.29, 0.717) is 11.1 Å². The number of nitrogens with one attached hydrogen (secondary N) is 3. The first kappa shape index (κ1) is 18.9. The Balaban J connectivity index is 1.37. The lowest BCUT2D eigenvalue weighted by atomic mass is 10.0. The molecule has 0 bridgehead atoms. The predicted molar refractivity (Wildman–Crippen MR) is 105 cm³/mol. The molecule has 0 saturated heterocycles. The molecule has 3 N–H and O–H groups in total. The maximum atomic E-state index is 12.8. The molecule has 2 heterocycles. The molecule has 0 radical (unpaired) electrons. The van der Waals surface area contributed by atoms with E-state index in [-0.39, 0.29) is 30.3 Å². The van der Waals surface area contributed by atoms with Gasteiger partial charge in [-0.3, -0.25) is 25.2 Å². The molecule has 2 aliphatic rings. The quantitative estimate of drug-likeness (QED) is 0.630. The number of rotatable bonds is 6. The number of hydrazine groups is 1. The second-order valence-corrected chi connectivity index (χ2v) is 7.30. The van der Waals surface area contributed by atoms with Gasteiger partial charge in [0.15, 0.2) is 0 Å². The average Bonchev–Trinajstić information content (AvgIpc) is 3.48. The van der Waals surface area contributed by atoms with E-state index >= 15 is 0 Å². The van der Waals surface area contributed by atoms with Crippen LogP contribution in [0.3, 0.4) is 0 Å². The zero-order chi connectivity index (χ0) is 20.5. The highest BCUT2D eigenvalue weighted by atomic mass is 16.2. The van der Waals surface area contributed by atoms with Crippen LogP contribution in [0.5, 0.6) is 0 Å². The summed E-state index contributed by atoms with van der Waals surface area (Å²) in [7, 11) is 0. The van der Waals surface area contributed by atoms with Crippen LogP contribution in [0.4, 0.5) is 5.95 Å². The summed E-state index contributed by atoms with van der Waals surface area (Å²) in [6.45, 7) is 3.42. The normalized spacial score (nSPS) is 17.7. The monoisotopic (exact) mass is 394 g/mol. The zero-order valence-corrected chi connectivity index (χ0v) is 16.2. The van der Waals surface area contributed by atoms with Crippen molar-refractivity contribution in [2.75, 3.05) is 12.0 Å². The van der Waals surface area contributed by atoms with Gasteiger partial charge < -0.3 is 10.2 Å². The van der Waals surface area contributed by atoms with Crippen molar-refractivity contribution in [3.63, 3.8) is 0 Å². The van der Waals surface area contributed by atoms with Gasteiger partial charge in [0, 0.05) is 23.0 Å². The second-order valence-electron chi connectivity index (χ2n) is 7.30. The minimum Gasteiger partial charge on any atom is -0.345 e. The number of carbonyl (C=O) groups excluding carboxylic acids is 3. The maximum Gasteiger partial charge on any atom is 0.257 e. The first-order valence-corrected chi connectivity index (χ1v) is 9.50. The molecule has 1 aromatic heterocycles. The Morgan fingerprint density at radius 2 is 1.83 bits per heavy atom. The van der Waals surface area contributed by atoms with Crippen LogP contribution in [0.1, 0.15) is 46.2 Å². The van der Waals surface area contributed by atoms with Crippen molar-refractivity contribution in [2.24, 2.45) is 0 Å². The number of aromatic nitrogens is 2. The third kappa shape index (κ3) is 3.89. The summed E-state index contributed by atoms with van der Waals surface area (Å²) < 4.78 is 0. The number of hydrogen-bond donors (Lipinski definition) is 3. The molecule has 3 amide bonds. The minimum atomic E-state index is -0.699. The Hall–Kier alpha value is -3.49. The van der Waals surface area contributed by atoms with Crippen molar-refractivity contribution in [2.45, 2.75) is 38.8 Å². The molecule has 29 heavy (non-hydrogen) atoms. The molecule has 9 heteroatoms. The molecule has 4 rings (SSSR count). The lowest BCUT2D eigenvalue weighted by Gasteiger charge is -2.24. The highest BCUT2D eigenvalue weighted by molar-refractivity contribution is 6.05. The third-order valence-corrected chi connectivity index (χ3v) is 4.91. The summed E-state index contributed by atoms with van der Waals surface area (Å²) in [6, 6.07) is 8.33. The standard InChI is InChI=1S/C20H22N6O3/c1-11-9-12(2)23-20(22-11)25-24-16(27)10-21-18(28)17-14-5-3-4-6-15(14)19(29)26(17)13-7-8-13/h3-6,9,13,17H,7-8,10H2,1-2H3,(H,21,28)(H,24,27)(H,22,23,25). The average molecular weight is 394 g/mol. The fraction of sp³-hybridized carbons (Fsp3) is 0.350. The fourth-order valence-corrected chi connectivity index (χ4v) is 3.55. The van der Waals surface area contributed by atoms with E-state index in [9.17, 15) is 14.4 Å². The molecule has 1 aromatic carbocycles. The largest absolute Gasteiger partial charge is 0.345 e. The van der Waals surface area contributed by atoms with Gasteiger partial charge in [0.2, 0.25) is 11.9 Å². The second kappa shape index (κ2) is 7.50. The van der Waals surface area contributed by atoms with Gasteiger partial charge in [0.1, 0.15) is 6.04 Å². The van der Waals surface area contributed by atoms with Crippen molar-refractivity contribution in [1.29, 1.82) is 0 Å². The molecular weight excluding hydrogens is 372 g/mol. The van der Waals surface area contributed by atoms with Gasteiger partial charge >= 0.3 is 0 Å². The van der Waals surface area contributed by atoms with Crippen LogP contribution in [-0.4, -0.2) is 45.2 Å². The Bertz CT molecular complexity index is 968. The van der Waals surface area contributed by atoms with Crippen LogP contribution in [0, 0.1) is 13.8 Å². The van der Waals surface area contributed by atoms with Crippen LogP contribution >= 0.6 is 0 Å². The van der Waals surface area contributed by atoms with Gasteiger partial charge in [0.05, 0.1) is 6.54 Å². The molecule has 1 aliphatic heterocycles. The van der Waals surface area contributed by atoms with E-state index < -0.39 is 11.9 Å². The van der Waals surface area contributed by atoms with Gasteiger partial charge in [-0.1, -0.05) is 18.2 Å². The minimum absolute atomic E-state index is 0.0860. The number of amides is 3. The van der Waals surface area contributed by atoms with Gasteiger partial charge in [-0.2, -0.15) is 0 Å². The fourth-order valence-electron chi connectivity index (χ4n) is 3.55. The van der Waals surface area contributed by atoms with E-state index in [2.05, 4.69) is 26.1 Å². The maximum absolute atomic E-state index is 12.8. The summed E-state index contributed by atoms with van der Waals surface area (Å²) in [6.07, 6.45) is 1.79. The smallest absolute Gasteiger partial charge is 0.257 e.